The lowest BCUT2D eigenvalue weighted by molar-refractivity contribution is -0.123. The Morgan fingerprint density at radius 1 is 0.933 bits per heavy atom. The average molecular weight is 403 g/mol. The molecule has 0 saturated heterocycles. The predicted molar refractivity (Wildman–Crippen MR) is 113 cm³/mol. The van der Waals surface area contributed by atoms with Crippen molar-refractivity contribution >= 4 is 23.9 Å². The Labute approximate surface area is 174 Å². The molecule has 3 aromatic carbocycles. The predicted octanol–water partition coefficient (Wildman–Crippen LogP) is 4.26. The zero-order chi connectivity index (χ0) is 21.3. The van der Waals surface area contributed by atoms with E-state index in [1.54, 1.807) is 24.3 Å². The van der Waals surface area contributed by atoms with Crippen molar-refractivity contribution in [2.45, 2.75) is 19.6 Å². The van der Waals surface area contributed by atoms with Crippen LogP contribution in [0, 0.1) is 0 Å². The molecule has 3 aromatic rings. The van der Waals surface area contributed by atoms with Crippen LogP contribution in [0.15, 0.2) is 78.9 Å². The molecule has 0 bridgehead atoms. The third kappa shape index (κ3) is 5.78. The first kappa shape index (κ1) is 20.8. The van der Waals surface area contributed by atoms with Crippen molar-refractivity contribution in [3.8, 4) is 5.75 Å². The number of esters is 1. The number of nitrogens with one attached hydrogen (secondary N) is 1. The Kier molecular flexibility index (Phi) is 6.95. The van der Waals surface area contributed by atoms with Crippen LogP contribution in [0.2, 0.25) is 0 Å². The van der Waals surface area contributed by atoms with Crippen molar-refractivity contribution in [2.24, 2.45) is 0 Å². The molecule has 0 saturated carbocycles. The number of carbonyl (C=O) groups is 3. The van der Waals surface area contributed by atoms with Crippen LogP contribution in [0.3, 0.4) is 0 Å². The van der Waals surface area contributed by atoms with Crippen molar-refractivity contribution in [1.29, 1.82) is 0 Å². The average Bonchev–Trinajstić information content (AvgIpc) is 2.79. The van der Waals surface area contributed by atoms with Gasteiger partial charge in [-0.1, -0.05) is 42.5 Å². The van der Waals surface area contributed by atoms with Gasteiger partial charge in [0.15, 0.2) is 6.10 Å². The molecule has 6 heteroatoms. The monoisotopic (exact) mass is 403 g/mol. The SMILES string of the molecule is CC(OC(=O)c1ccc(C=O)cc1)C(=O)Nc1ccc(OCc2ccccc2)cc1. The van der Waals surface area contributed by atoms with Gasteiger partial charge in [-0.05, 0) is 48.9 Å². The van der Waals surface area contributed by atoms with Gasteiger partial charge in [0.25, 0.3) is 5.91 Å². The Balaban J connectivity index is 1.50. The molecular formula is C24H21NO5. The third-order valence-corrected chi connectivity index (χ3v) is 4.31. The Bertz CT molecular complexity index is 998. The molecule has 0 fully saturated rings. The Hall–Kier alpha value is -3.93. The molecule has 1 N–H and O–H groups in total. The second kappa shape index (κ2) is 10.0. The normalized spacial score (nSPS) is 11.2. The molecule has 0 heterocycles. The molecule has 0 aromatic heterocycles. The molecule has 0 aliphatic heterocycles. The highest BCUT2D eigenvalue weighted by molar-refractivity contribution is 5.97. The highest BCUT2D eigenvalue weighted by Gasteiger charge is 2.19. The maximum absolute atomic E-state index is 12.3. The smallest absolute Gasteiger partial charge is 0.338 e. The first-order valence-corrected chi connectivity index (χ1v) is 9.39. The van der Waals surface area contributed by atoms with E-state index in [4.69, 9.17) is 9.47 Å². The molecule has 30 heavy (non-hydrogen) atoms. The number of aldehydes is 1. The van der Waals surface area contributed by atoms with Crippen LogP contribution in [0.5, 0.6) is 5.75 Å². The van der Waals surface area contributed by atoms with Crippen molar-refractivity contribution in [3.63, 3.8) is 0 Å². The van der Waals surface area contributed by atoms with Gasteiger partial charge in [0.2, 0.25) is 0 Å². The minimum Gasteiger partial charge on any atom is -0.489 e. The van der Waals surface area contributed by atoms with Crippen LogP contribution < -0.4 is 10.1 Å². The molecule has 0 aliphatic rings. The number of rotatable bonds is 8. The summed E-state index contributed by atoms with van der Waals surface area (Å²) in [6.45, 7) is 1.94. The van der Waals surface area contributed by atoms with Crippen LogP contribution in [0.25, 0.3) is 0 Å². The lowest BCUT2D eigenvalue weighted by Gasteiger charge is -2.14. The van der Waals surface area contributed by atoms with Gasteiger partial charge in [-0.2, -0.15) is 0 Å². The van der Waals surface area contributed by atoms with Gasteiger partial charge in [-0.25, -0.2) is 4.79 Å². The topological polar surface area (TPSA) is 81.7 Å². The Morgan fingerprint density at radius 2 is 1.60 bits per heavy atom. The van der Waals surface area contributed by atoms with E-state index in [-0.39, 0.29) is 5.56 Å². The van der Waals surface area contributed by atoms with E-state index in [0.29, 0.717) is 29.9 Å². The fourth-order valence-corrected chi connectivity index (χ4v) is 2.60. The minimum atomic E-state index is -0.989. The van der Waals surface area contributed by atoms with Crippen molar-refractivity contribution in [1.82, 2.24) is 0 Å². The summed E-state index contributed by atoms with van der Waals surface area (Å²) in [4.78, 5) is 35.1. The maximum atomic E-state index is 12.3. The fourth-order valence-electron chi connectivity index (χ4n) is 2.60. The highest BCUT2D eigenvalue weighted by atomic mass is 16.5. The summed E-state index contributed by atoms with van der Waals surface area (Å²) in [7, 11) is 0. The van der Waals surface area contributed by atoms with E-state index in [1.807, 2.05) is 30.3 Å². The van der Waals surface area contributed by atoms with Gasteiger partial charge >= 0.3 is 5.97 Å². The van der Waals surface area contributed by atoms with E-state index in [2.05, 4.69) is 5.32 Å². The number of benzene rings is 3. The van der Waals surface area contributed by atoms with Crippen molar-refractivity contribution < 1.29 is 23.9 Å². The molecular weight excluding hydrogens is 382 g/mol. The molecule has 1 amide bonds. The second-order valence-corrected chi connectivity index (χ2v) is 6.58. The molecule has 1 atom stereocenters. The van der Waals surface area contributed by atoms with E-state index >= 15 is 0 Å². The third-order valence-electron chi connectivity index (χ3n) is 4.31. The molecule has 0 aliphatic carbocycles. The lowest BCUT2D eigenvalue weighted by atomic mass is 10.1. The molecule has 3 rings (SSSR count). The quantitative estimate of drug-likeness (QED) is 0.449. The minimum absolute atomic E-state index is 0.264. The zero-order valence-corrected chi connectivity index (χ0v) is 16.4. The lowest BCUT2D eigenvalue weighted by Crippen LogP contribution is -2.30. The summed E-state index contributed by atoms with van der Waals surface area (Å²) >= 11 is 0. The van der Waals surface area contributed by atoms with Crippen LogP contribution in [0.4, 0.5) is 5.69 Å². The van der Waals surface area contributed by atoms with Crippen LogP contribution in [-0.4, -0.2) is 24.3 Å². The van der Waals surface area contributed by atoms with E-state index < -0.39 is 18.0 Å². The van der Waals surface area contributed by atoms with Gasteiger partial charge in [-0.3, -0.25) is 9.59 Å². The second-order valence-electron chi connectivity index (χ2n) is 6.58. The number of ether oxygens (including phenoxy) is 2. The summed E-state index contributed by atoms with van der Waals surface area (Å²) in [5.41, 5.74) is 2.34. The summed E-state index contributed by atoms with van der Waals surface area (Å²) in [5.74, 6) is -0.416. The number of amides is 1. The molecule has 1 unspecified atom stereocenters. The first-order valence-electron chi connectivity index (χ1n) is 9.39. The first-order chi connectivity index (χ1) is 14.5. The van der Waals surface area contributed by atoms with Crippen molar-refractivity contribution in [2.75, 3.05) is 5.32 Å². The number of carbonyl (C=O) groups excluding carboxylic acids is 3. The van der Waals surface area contributed by atoms with Gasteiger partial charge in [0.1, 0.15) is 18.6 Å². The molecule has 0 spiro atoms. The van der Waals surface area contributed by atoms with Gasteiger partial charge in [0.05, 0.1) is 5.56 Å². The molecule has 152 valence electrons. The summed E-state index contributed by atoms with van der Waals surface area (Å²) in [5, 5.41) is 2.70. The van der Waals surface area contributed by atoms with E-state index in [0.717, 1.165) is 5.56 Å². The van der Waals surface area contributed by atoms with Crippen LogP contribution in [-0.2, 0) is 16.1 Å². The maximum Gasteiger partial charge on any atom is 0.338 e. The summed E-state index contributed by atoms with van der Waals surface area (Å²) in [6.07, 6.45) is -0.305. The summed E-state index contributed by atoms with van der Waals surface area (Å²) < 4.78 is 10.9. The van der Waals surface area contributed by atoms with Crippen molar-refractivity contribution in [3.05, 3.63) is 95.6 Å². The van der Waals surface area contributed by atoms with E-state index in [1.165, 1.54) is 31.2 Å². The molecule has 6 nitrogen and oxygen atoms in total. The number of anilines is 1. The fraction of sp³-hybridized carbons (Fsp3) is 0.125. The van der Waals surface area contributed by atoms with Gasteiger partial charge in [0, 0.05) is 11.3 Å². The van der Waals surface area contributed by atoms with Crippen LogP contribution in [0.1, 0.15) is 33.2 Å². The van der Waals surface area contributed by atoms with Gasteiger partial charge < -0.3 is 14.8 Å². The highest BCUT2D eigenvalue weighted by Crippen LogP contribution is 2.18. The number of hydrogen-bond acceptors (Lipinski definition) is 5. The Morgan fingerprint density at radius 3 is 2.23 bits per heavy atom. The molecule has 0 radical (unpaired) electrons. The van der Waals surface area contributed by atoms with Gasteiger partial charge in [-0.15, -0.1) is 0 Å². The standard InChI is InChI=1S/C24H21NO5/c1-17(30-24(28)20-9-7-18(15-26)8-10-20)23(27)25-21-11-13-22(14-12-21)29-16-19-5-3-2-4-6-19/h2-15,17H,16H2,1H3,(H,25,27). The van der Waals surface area contributed by atoms with E-state index in [9.17, 15) is 14.4 Å². The van der Waals surface area contributed by atoms with Crippen LogP contribution >= 0.6 is 0 Å². The number of hydrogen-bond donors (Lipinski definition) is 1. The largest absolute Gasteiger partial charge is 0.489 e. The zero-order valence-electron chi connectivity index (χ0n) is 16.4. The summed E-state index contributed by atoms with van der Waals surface area (Å²) in [6, 6.07) is 22.7.